The van der Waals surface area contributed by atoms with Gasteiger partial charge in [0.15, 0.2) is 5.82 Å². The van der Waals surface area contributed by atoms with Crippen LogP contribution in [0.25, 0.3) is 28.0 Å². The topological polar surface area (TPSA) is 101 Å². The van der Waals surface area contributed by atoms with E-state index >= 15 is 0 Å². The molecule has 0 unspecified atom stereocenters. The summed E-state index contributed by atoms with van der Waals surface area (Å²) in [6, 6.07) is 26.1. The molecular weight excluding hydrogens is 428 g/mol. The lowest BCUT2D eigenvalue weighted by atomic mass is 10.1. The molecule has 3 aromatic rings. The van der Waals surface area contributed by atoms with Crippen LogP contribution in [0, 0.1) is 11.3 Å². The van der Waals surface area contributed by atoms with Crippen molar-refractivity contribution in [2.24, 2.45) is 0 Å². The van der Waals surface area contributed by atoms with E-state index in [0.29, 0.717) is 29.1 Å². The highest BCUT2D eigenvalue weighted by Gasteiger charge is 2.18. The molecule has 2 aliphatic heterocycles. The zero-order chi connectivity index (χ0) is 24.1. The summed E-state index contributed by atoms with van der Waals surface area (Å²) < 4.78 is 7.57. The number of nitrogens with one attached hydrogen (secondary N) is 1. The molecule has 0 aromatic heterocycles. The number of hydrogen-bond acceptors (Lipinski definition) is 5. The maximum absolute atomic E-state index is 12.4. The molecule has 3 aromatic carbocycles. The van der Waals surface area contributed by atoms with Crippen molar-refractivity contribution in [3.8, 4) is 28.9 Å². The highest BCUT2D eigenvalue weighted by molar-refractivity contribution is 5.88. The van der Waals surface area contributed by atoms with E-state index in [-0.39, 0.29) is 11.4 Å². The molecule has 7 heteroatoms. The first-order valence-electron chi connectivity index (χ1n) is 10.9. The van der Waals surface area contributed by atoms with Crippen molar-refractivity contribution >= 4 is 10.9 Å². The second-order valence-corrected chi connectivity index (χ2v) is 7.24. The summed E-state index contributed by atoms with van der Waals surface area (Å²) in [4.78, 5) is 30.7. The van der Waals surface area contributed by atoms with E-state index < -0.39 is 11.2 Å². The van der Waals surface area contributed by atoms with Gasteiger partial charge in [-0.25, -0.2) is 4.79 Å². The molecule has 0 aliphatic carbocycles. The number of aromatic amines is 1. The minimum atomic E-state index is -0.727. The van der Waals surface area contributed by atoms with Gasteiger partial charge in [0, 0.05) is 5.69 Å². The molecule has 0 bridgehead atoms. The second kappa shape index (κ2) is 9.84. The Morgan fingerprint density at radius 1 is 0.971 bits per heavy atom. The summed E-state index contributed by atoms with van der Waals surface area (Å²) in [5.74, 6) is 0.898. The van der Waals surface area contributed by atoms with E-state index in [0.717, 1.165) is 10.9 Å². The first-order chi connectivity index (χ1) is 16.6. The Hall–Kier alpha value is -4.70. The number of benzene rings is 3. The van der Waals surface area contributed by atoms with Crippen LogP contribution in [0.2, 0.25) is 0 Å². The fourth-order valence-corrected chi connectivity index (χ4v) is 3.64. The third kappa shape index (κ3) is 4.43. The van der Waals surface area contributed by atoms with Gasteiger partial charge in [-0.05, 0) is 53.4 Å². The minimum Gasteiger partial charge on any atom is -0.489 e. The maximum atomic E-state index is 12.4. The van der Waals surface area contributed by atoms with Gasteiger partial charge in [0.05, 0.1) is 22.7 Å². The molecule has 0 spiro atoms. The van der Waals surface area contributed by atoms with E-state index in [1.807, 2.05) is 68.4 Å². The molecule has 0 amide bonds. The van der Waals surface area contributed by atoms with Gasteiger partial charge in [0.2, 0.25) is 0 Å². The Balaban J connectivity index is 0.00000133. The fourth-order valence-electron chi connectivity index (χ4n) is 3.64. The summed E-state index contributed by atoms with van der Waals surface area (Å²) in [5.41, 5.74) is 1.90. The van der Waals surface area contributed by atoms with Crippen LogP contribution in [-0.2, 0) is 6.61 Å². The quantitative estimate of drug-likeness (QED) is 0.402. The van der Waals surface area contributed by atoms with Gasteiger partial charge in [-0.3, -0.25) is 14.3 Å². The average Bonchev–Trinajstić information content (AvgIpc) is 2.88. The number of hydrogen-bond donors (Lipinski definition) is 1. The SMILES string of the molecule is CC.N#Cc1ccc2cc3c(=O)[nH]c(=O)nc-3n(-c3ccc(OCc4ccccc4)cc3)c2c1. The summed E-state index contributed by atoms with van der Waals surface area (Å²) in [6.07, 6.45) is 0. The number of nitriles is 1. The van der Waals surface area contributed by atoms with Crippen LogP contribution in [0.15, 0.2) is 88.5 Å². The molecule has 0 fully saturated rings. The van der Waals surface area contributed by atoms with Gasteiger partial charge in [0.25, 0.3) is 5.56 Å². The van der Waals surface area contributed by atoms with Gasteiger partial charge >= 0.3 is 5.69 Å². The normalized spacial score (nSPS) is 10.4. The van der Waals surface area contributed by atoms with Crippen molar-refractivity contribution in [1.29, 1.82) is 5.26 Å². The summed E-state index contributed by atoms with van der Waals surface area (Å²) in [6.45, 7) is 4.44. The molecule has 0 atom stereocenters. The van der Waals surface area contributed by atoms with Crippen molar-refractivity contribution in [1.82, 2.24) is 14.5 Å². The average molecular weight is 450 g/mol. The molecule has 0 saturated carbocycles. The van der Waals surface area contributed by atoms with Gasteiger partial charge in [0.1, 0.15) is 12.4 Å². The zero-order valence-electron chi connectivity index (χ0n) is 18.8. The number of fused-ring (bicyclic) bond motifs is 2. The predicted molar refractivity (Wildman–Crippen MR) is 131 cm³/mol. The molecule has 2 heterocycles. The maximum Gasteiger partial charge on any atom is 0.349 e. The first kappa shape index (κ1) is 22.5. The summed E-state index contributed by atoms with van der Waals surface area (Å²) in [7, 11) is 0. The third-order valence-electron chi connectivity index (χ3n) is 5.17. The highest BCUT2D eigenvalue weighted by atomic mass is 16.5. The van der Waals surface area contributed by atoms with E-state index in [1.54, 1.807) is 28.8 Å². The summed E-state index contributed by atoms with van der Waals surface area (Å²) in [5, 5.41) is 10.1. The largest absolute Gasteiger partial charge is 0.489 e. The van der Waals surface area contributed by atoms with E-state index in [1.165, 1.54) is 0 Å². The van der Waals surface area contributed by atoms with Crippen molar-refractivity contribution in [2.45, 2.75) is 20.5 Å². The number of pyridine rings is 1. The van der Waals surface area contributed by atoms with Crippen molar-refractivity contribution in [2.75, 3.05) is 0 Å². The Morgan fingerprint density at radius 2 is 1.71 bits per heavy atom. The van der Waals surface area contributed by atoms with Gasteiger partial charge < -0.3 is 4.74 Å². The highest BCUT2D eigenvalue weighted by Crippen LogP contribution is 2.29. The van der Waals surface area contributed by atoms with Crippen LogP contribution in [0.1, 0.15) is 25.0 Å². The van der Waals surface area contributed by atoms with Crippen LogP contribution >= 0.6 is 0 Å². The van der Waals surface area contributed by atoms with Crippen LogP contribution in [0.3, 0.4) is 0 Å². The number of rotatable bonds is 4. The van der Waals surface area contributed by atoms with Crippen LogP contribution in [-0.4, -0.2) is 14.5 Å². The molecule has 0 radical (unpaired) electrons. The first-order valence-corrected chi connectivity index (χ1v) is 10.9. The zero-order valence-corrected chi connectivity index (χ0v) is 18.8. The molecule has 2 aliphatic rings. The van der Waals surface area contributed by atoms with Crippen LogP contribution in [0.4, 0.5) is 0 Å². The smallest absolute Gasteiger partial charge is 0.349 e. The van der Waals surface area contributed by atoms with Crippen LogP contribution in [0.5, 0.6) is 5.75 Å². The van der Waals surface area contributed by atoms with Gasteiger partial charge in [-0.1, -0.05) is 50.2 Å². The fraction of sp³-hybridized carbons (Fsp3) is 0.111. The monoisotopic (exact) mass is 450 g/mol. The molecule has 168 valence electrons. The lowest BCUT2D eigenvalue weighted by molar-refractivity contribution is 0.306. The van der Waals surface area contributed by atoms with Crippen LogP contribution < -0.4 is 16.0 Å². The third-order valence-corrected chi connectivity index (χ3v) is 5.17. The number of aromatic nitrogens is 3. The Bertz CT molecular complexity index is 1560. The summed E-state index contributed by atoms with van der Waals surface area (Å²) >= 11 is 0. The number of ether oxygens (including phenoxy) is 1. The van der Waals surface area contributed by atoms with E-state index in [4.69, 9.17) is 4.74 Å². The second-order valence-electron chi connectivity index (χ2n) is 7.24. The van der Waals surface area contributed by atoms with E-state index in [9.17, 15) is 14.9 Å². The van der Waals surface area contributed by atoms with Crippen molar-refractivity contribution in [3.63, 3.8) is 0 Å². The Morgan fingerprint density at radius 3 is 2.41 bits per heavy atom. The predicted octanol–water partition coefficient (Wildman–Crippen LogP) is 4.66. The van der Waals surface area contributed by atoms with E-state index in [2.05, 4.69) is 16.0 Å². The molecule has 7 nitrogen and oxygen atoms in total. The van der Waals surface area contributed by atoms with Gasteiger partial charge in [-0.2, -0.15) is 10.2 Å². The van der Waals surface area contributed by atoms with Crippen molar-refractivity contribution < 1.29 is 4.74 Å². The number of nitrogens with zero attached hydrogens (tertiary/aromatic N) is 3. The molecule has 1 N–H and O–H groups in total. The van der Waals surface area contributed by atoms with Crippen molar-refractivity contribution in [3.05, 3.63) is 111 Å². The lowest BCUT2D eigenvalue weighted by Gasteiger charge is -2.18. The minimum absolute atomic E-state index is 0.222. The lowest BCUT2D eigenvalue weighted by Crippen LogP contribution is -2.27. The Labute approximate surface area is 195 Å². The molecule has 0 saturated heterocycles. The van der Waals surface area contributed by atoms with Gasteiger partial charge in [-0.15, -0.1) is 0 Å². The standard InChI is InChI=1S/C25H16N4O3.C2H6/c26-14-17-6-7-18-13-21-23(27-25(31)28-24(21)30)29(22(18)12-17)19-8-10-20(11-9-19)32-15-16-4-2-1-3-5-16;1-2/h1-13H,15H2,(H,28,30,31);1-2H3. The molecule has 34 heavy (non-hydrogen) atoms. The molecule has 5 rings (SSSR count). The Kier molecular flexibility index (Phi) is 6.51. The number of H-pyrrole nitrogens is 1. The molecular formula is C27H22N4O3.